The Kier molecular flexibility index (Phi) is 4.06. The van der Waals surface area contributed by atoms with Gasteiger partial charge in [-0.15, -0.1) is 0 Å². The molecule has 0 saturated carbocycles. The van der Waals surface area contributed by atoms with E-state index in [4.69, 9.17) is 0 Å². The summed E-state index contributed by atoms with van der Waals surface area (Å²) in [6.07, 6.45) is 0. The van der Waals surface area contributed by atoms with Crippen molar-refractivity contribution in [1.29, 1.82) is 0 Å². The molecule has 1 saturated heterocycles. The predicted molar refractivity (Wildman–Crippen MR) is 76.2 cm³/mol. The third kappa shape index (κ3) is 2.78. The lowest BCUT2D eigenvalue weighted by Crippen LogP contribution is -2.55. The van der Waals surface area contributed by atoms with E-state index in [1.165, 1.54) is 23.1 Å². The smallest absolute Gasteiger partial charge is 0.282 e. The molecule has 21 heavy (non-hydrogen) atoms. The monoisotopic (exact) mass is 292 g/mol. The van der Waals surface area contributed by atoms with E-state index in [1.807, 2.05) is 0 Å². The van der Waals surface area contributed by atoms with Gasteiger partial charge >= 0.3 is 0 Å². The molecule has 1 aliphatic heterocycles. The number of anilines is 1. The maximum absolute atomic E-state index is 12.6. The summed E-state index contributed by atoms with van der Waals surface area (Å²) in [5.74, 6) is -0.775. The van der Waals surface area contributed by atoms with E-state index in [0.29, 0.717) is 18.8 Å². The van der Waals surface area contributed by atoms with Crippen molar-refractivity contribution in [2.75, 3.05) is 25.5 Å². The topological polar surface area (TPSA) is 105 Å². The zero-order valence-corrected chi connectivity index (χ0v) is 11.8. The first-order chi connectivity index (χ1) is 9.95. The van der Waals surface area contributed by atoms with E-state index < -0.39 is 16.9 Å². The Morgan fingerprint density at radius 2 is 2.24 bits per heavy atom. The highest BCUT2D eigenvalue weighted by Crippen LogP contribution is 2.25. The summed E-state index contributed by atoms with van der Waals surface area (Å²) >= 11 is 0. The second-order valence-corrected chi connectivity index (χ2v) is 4.70. The second kappa shape index (κ2) is 5.78. The third-order valence-electron chi connectivity index (χ3n) is 3.47. The summed E-state index contributed by atoms with van der Waals surface area (Å²) in [6.45, 7) is 2.27. The average Bonchev–Trinajstić information content (AvgIpc) is 2.48. The van der Waals surface area contributed by atoms with Crippen LogP contribution < -0.4 is 10.6 Å². The van der Waals surface area contributed by atoms with Crippen LogP contribution in [0, 0.1) is 10.1 Å². The molecule has 8 heteroatoms. The summed E-state index contributed by atoms with van der Waals surface area (Å²) in [7, 11) is 1.66. The number of nitro benzene ring substituents is 1. The first-order valence-corrected chi connectivity index (χ1v) is 6.50. The second-order valence-electron chi connectivity index (χ2n) is 4.70. The highest BCUT2D eigenvalue weighted by atomic mass is 16.6. The van der Waals surface area contributed by atoms with Gasteiger partial charge in [0.1, 0.15) is 11.6 Å². The van der Waals surface area contributed by atoms with Gasteiger partial charge in [0.2, 0.25) is 5.91 Å². The van der Waals surface area contributed by atoms with Crippen molar-refractivity contribution in [2.45, 2.75) is 13.0 Å². The summed E-state index contributed by atoms with van der Waals surface area (Å²) in [5, 5.41) is 16.6. The minimum Gasteiger partial charge on any atom is -0.388 e. The highest BCUT2D eigenvalue weighted by molar-refractivity contribution is 6.01. The molecule has 1 aliphatic rings. The Morgan fingerprint density at radius 3 is 2.86 bits per heavy atom. The van der Waals surface area contributed by atoms with Crippen LogP contribution in [0.15, 0.2) is 18.2 Å². The van der Waals surface area contributed by atoms with Gasteiger partial charge in [-0.3, -0.25) is 19.7 Å². The van der Waals surface area contributed by atoms with Gasteiger partial charge in [0.15, 0.2) is 0 Å². The van der Waals surface area contributed by atoms with Gasteiger partial charge < -0.3 is 15.5 Å². The van der Waals surface area contributed by atoms with E-state index in [1.54, 1.807) is 14.0 Å². The van der Waals surface area contributed by atoms with Crippen molar-refractivity contribution in [2.24, 2.45) is 0 Å². The molecule has 2 N–H and O–H groups in total. The molecule has 8 nitrogen and oxygen atoms in total. The summed E-state index contributed by atoms with van der Waals surface area (Å²) in [5.41, 5.74) is 0.309. The molecule has 0 aromatic heterocycles. The fraction of sp³-hybridized carbons (Fsp3) is 0.385. The van der Waals surface area contributed by atoms with Crippen LogP contribution in [0.3, 0.4) is 0 Å². The number of hydrogen-bond donors (Lipinski definition) is 2. The molecule has 0 spiro atoms. The molecule has 112 valence electrons. The molecular formula is C13H16N4O4. The number of benzene rings is 1. The van der Waals surface area contributed by atoms with Crippen LogP contribution in [0.4, 0.5) is 11.4 Å². The first kappa shape index (κ1) is 14.8. The van der Waals surface area contributed by atoms with Crippen LogP contribution in [-0.2, 0) is 4.79 Å². The van der Waals surface area contributed by atoms with Crippen molar-refractivity contribution in [3.05, 3.63) is 33.9 Å². The molecule has 1 heterocycles. The highest BCUT2D eigenvalue weighted by Gasteiger charge is 2.33. The van der Waals surface area contributed by atoms with Crippen molar-refractivity contribution in [1.82, 2.24) is 10.2 Å². The quantitative estimate of drug-likeness (QED) is 0.627. The van der Waals surface area contributed by atoms with Crippen molar-refractivity contribution < 1.29 is 14.5 Å². The van der Waals surface area contributed by atoms with Crippen molar-refractivity contribution >= 4 is 23.2 Å². The molecule has 2 amide bonds. The van der Waals surface area contributed by atoms with E-state index in [-0.39, 0.29) is 17.2 Å². The van der Waals surface area contributed by atoms with Crippen LogP contribution >= 0.6 is 0 Å². The molecule has 0 bridgehead atoms. The lowest BCUT2D eigenvalue weighted by molar-refractivity contribution is -0.385. The van der Waals surface area contributed by atoms with Crippen molar-refractivity contribution in [3.8, 4) is 0 Å². The Balaban J connectivity index is 2.41. The van der Waals surface area contributed by atoms with Gasteiger partial charge in [-0.2, -0.15) is 0 Å². The normalized spacial score (nSPS) is 18.1. The van der Waals surface area contributed by atoms with Crippen molar-refractivity contribution in [3.63, 3.8) is 0 Å². The molecule has 2 rings (SSSR count). The van der Waals surface area contributed by atoms with Crippen LogP contribution in [0.25, 0.3) is 0 Å². The molecule has 0 aliphatic carbocycles. The molecule has 1 unspecified atom stereocenters. The third-order valence-corrected chi connectivity index (χ3v) is 3.47. The lowest BCUT2D eigenvalue weighted by Gasteiger charge is -2.32. The fourth-order valence-corrected chi connectivity index (χ4v) is 2.24. The lowest BCUT2D eigenvalue weighted by atomic mass is 10.1. The number of hydrogen-bond acceptors (Lipinski definition) is 5. The predicted octanol–water partition coefficient (Wildman–Crippen LogP) is 0.597. The van der Waals surface area contributed by atoms with Gasteiger partial charge in [-0.05, 0) is 19.1 Å². The fourth-order valence-electron chi connectivity index (χ4n) is 2.24. The molecule has 0 radical (unpaired) electrons. The molecule has 1 aromatic rings. The van der Waals surface area contributed by atoms with E-state index >= 15 is 0 Å². The Morgan fingerprint density at radius 1 is 1.52 bits per heavy atom. The zero-order valence-electron chi connectivity index (χ0n) is 11.8. The molecule has 1 atom stereocenters. The summed E-state index contributed by atoms with van der Waals surface area (Å²) in [6, 6.07) is 3.60. The van der Waals surface area contributed by atoms with Gasteiger partial charge in [-0.1, -0.05) is 0 Å². The van der Waals surface area contributed by atoms with Crippen LogP contribution in [0.1, 0.15) is 17.3 Å². The number of carbonyl (C=O) groups excluding carboxylic acids is 2. The van der Waals surface area contributed by atoms with Crippen LogP contribution in [0.5, 0.6) is 0 Å². The minimum absolute atomic E-state index is 0.0200. The molecule has 1 fully saturated rings. The Bertz CT molecular complexity index is 602. The number of amides is 2. The molecule has 1 aromatic carbocycles. The van der Waals surface area contributed by atoms with Gasteiger partial charge in [0.25, 0.3) is 11.6 Å². The Hall–Kier alpha value is -2.64. The first-order valence-electron chi connectivity index (χ1n) is 6.50. The van der Waals surface area contributed by atoms with Gasteiger partial charge in [-0.25, -0.2) is 0 Å². The number of rotatable bonds is 3. The van der Waals surface area contributed by atoms with Gasteiger partial charge in [0.05, 0.1) is 4.92 Å². The summed E-state index contributed by atoms with van der Waals surface area (Å²) < 4.78 is 0. The van der Waals surface area contributed by atoms with Crippen LogP contribution in [-0.4, -0.2) is 47.8 Å². The van der Waals surface area contributed by atoms with Crippen LogP contribution in [0.2, 0.25) is 0 Å². The van der Waals surface area contributed by atoms with E-state index in [2.05, 4.69) is 10.6 Å². The number of nitrogens with one attached hydrogen (secondary N) is 2. The van der Waals surface area contributed by atoms with Gasteiger partial charge in [0, 0.05) is 31.9 Å². The SMILES string of the molecule is CNc1ccc([N+](=O)[O-])c(C(=O)N2CCNC(=O)C2C)c1. The molecular weight excluding hydrogens is 276 g/mol. The standard InChI is InChI=1S/C13H16N4O4/c1-8-12(18)15-5-6-16(8)13(19)10-7-9(14-2)3-4-11(10)17(20)21/h3-4,7-8,14H,5-6H2,1-2H3,(H,15,18). The minimum atomic E-state index is -0.649. The number of nitro groups is 1. The zero-order chi connectivity index (χ0) is 15.6. The number of nitrogens with zero attached hydrogens (tertiary/aromatic N) is 2. The largest absolute Gasteiger partial charge is 0.388 e. The maximum Gasteiger partial charge on any atom is 0.282 e. The van der Waals surface area contributed by atoms with E-state index in [9.17, 15) is 19.7 Å². The maximum atomic E-state index is 12.6. The number of carbonyl (C=O) groups is 2. The number of piperazine rings is 1. The van der Waals surface area contributed by atoms with E-state index in [0.717, 1.165) is 0 Å². The average molecular weight is 292 g/mol. The Labute approximate surface area is 121 Å². The summed E-state index contributed by atoms with van der Waals surface area (Å²) in [4.78, 5) is 36.0.